The number of hydrogen-bond acceptors (Lipinski definition) is 3. The SMILES string of the molecule is Cc1oncc1C(=O)N[C@@H]1CCCc2ccccc21. The molecule has 1 aliphatic rings. The number of nitrogens with one attached hydrogen (secondary N) is 1. The number of amides is 1. The molecule has 0 radical (unpaired) electrons. The molecule has 0 saturated heterocycles. The van der Waals surface area contributed by atoms with Crippen LogP contribution in [0.1, 0.15) is 46.1 Å². The largest absolute Gasteiger partial charge is 0.361 e. The molecule has 1 N–H and O–H groups in total. The topological polar surface area (TPSA) is 55.1 Å². The number of carbonyl (C=O) groups excluding carboxylic acids is 1. The highest BCUT2D eigenvalue weighted by Crippen LogP contribution is 2.29. The zero-order valence-corrected chi connectivity index (χ0v) is 10.8. The van der Waals surface area contributed by atoms with Gasteiger partial charge in [0, 0.05) is 0 Å². The van der Waals surface area contributed by atoms with Crippen LogP contribution >= 0.6 is 0 Å². The third-order valence-corrected chi connectivity index (χ3v) is 3.67. The molecule has 4 nitrogen and oxygen atoms in total. The molecule has 0 spiro atoms. The fraction of sp³-hybridized carbons (Fsp3) is 0.333. The number of aromatic nitrogens is 1. The third kappa shape index (κ3) is 2.26. The second kappa shape index (κ2) is 4.88. The summed E-state index contributed by atoms with van der Waals surface area (Å²) >= 11 is 0. The lowest BCUT2D eigenvalue weighted by molar-refractivity contribution is 0.0931. The minimum atomic E-state index is -0.111. The van der Waals surface area contributed by atoms with E-state index in [4.69, 9.17) is 4.52 Å². The molecule has 98 valence electrons. The number of nitrogens with zero attached hydrogens (tertiary/aromatic N) is 1. The van der Waals surface area contributed by atoms with Gasteiger partial charge in [0.25, 0.3) is 5.91 Å². The molecule has 0 bridgehead atoms. The van der Waals surface area contributed by atoms with E-state index in [0.29, 0.717) is 11.3 Å². The van der Waals surface area contributed by atoms with Crippen molar-refractivity contribution in [1.82, 2.24) is 10.5 Å². The predicted octanol–water partition coefficient (Wildman–Crippen LogP) is 2.79. The summed E-state index contributed by atoms with van der Waals surface area (Å²) in [6.07, 6.45) is 4.64. The van der Waals surface area contributed by atoms with Crippen molar-refractivity contribution < 1.29 is 9.32 Å². The molecule has 0 unspecified atom stereocenters. The van der Waals surface area contributed by atoms with Crippen LogP contribution in [0.25, 0.3) is 0 Å². The van der Waals surface area contributed by atoms with Gasteiger partial charge in [-0.1, -0.05) is 29.4 Å². The Hall–Kier alpha value is -2.10. The van der Waals surface area contributed by atoms with Gasteiger partial charge in [-0.3, -0.25) is 4.79 Å². The quantitative estimate of drug-likeness (QED) is 0.898. The molecular formula is C15H16N2O2. The molecule has 19 heavy (non-hydrogen) atoms. The van der Waals surface area contributed by atoms with Crippen LogP contribution in [-0.4, -0.2) is 11.1 Å². The lowest BCUT2D eigenvalue weighted by Gasteiger charge is -2.26. The van der Waals surface area contributed by atoms with Crippen LogP contribution in [0.15, 0.2) is 35.0 Å². The first kappa shape index (κ1) is 12.0. The predicted molar refractivity (Wildman–Crippen MR) is 70.8 cm³/mol. The smallest absolute Gasteiger partial charge is 0.256 e. The van der Waals surface area contributed by atoms with E-state index in [1.165, 1.54) is 17.3 Å². The van der Waals surface area contributed by atoms with Crippen molar-refractivity contribution in [3.8, 4) is 0 Å². The Morgan fingerprint density at radius 1 is 1.42 bits per heavy atom. The van der Waals surface area contributed by atoms with Crippen molar-refractivity contribution in [2.45, 2.75) is 32.2 Å². The average molecular weight is 256 g/mol. The molecule has 4 heteroatoms. The van der Waals surface area contributed by atoms with E-state index in [0.717, 1.165) is 19.3 Å². The van der Waals surface area contributed by atoms with E-state index in [-0.39, 0.29) is 11.9 Å². The minimum absolute atomic E-state index is 0.0896. The monoisotopic (exact) mass is 256 g/mol. The molecular weight excluding hydrogens is 240 g/mol. The number of aryl methyl sites for hydroxylation is 2. The van der Waals surface area contributed by atoms with Crippen molar-refractivity contribution in [2.24, 2.45) is 0 Å². The van der Waals surface area contributed by atoms with E-state index >= 15 is 0 Å². The van der Waals surface area contributed by atoms with Crippen molar-refractivity contribution >= 4 is 5.91 Å². The van der Waals surface area contributed by atoms with Gasteiger partial charge >= 0.3 is 0 Å². The van der Waals surface area contributed by atoms with Gasteiger partial charge in [-0.15, -0.1) is 0 Å². The molecule has 0 fully saturated rings. The highest BCUT2D eigenvalue weighted by molar-refractivity contribution is 5.95. The Bertz CT molecular complexity index is 604. The second-order valence-corrected chi connectivity index (χ2v) is 4.91. The summed E-state index contributed by atoms with van der Waals surface area (Å²) in [4.78, 5) is 12.2. The molecule has 3 rings (SSSR count). The van der Waals surface area contributed by atoms with Crippen LogP contribution < -0.4 is 5.32 Å². The lowest BCUT2D eigenvalue weighted by Crippen LogP contribution is -2.31. The van der Waals surface area contributed by atoms with Crippen molar-refractivity contribution in [3.05, 3.63) is 52.9 Å². The first-order valence-electron chi connectivity index (χ1n) is 6.55. The Morgan fingerprint density at radius 2 is 2.26 bits per heavy atom. The Labute approximate surface area is 111 Å². The first-order chi connectivity index (χ1) is 9.25. The standard InChI is InChI=1S/C15H16N2O2/c1-10-13(9-16-19-10)15(18)17-14-8-4-6-11-5-2-3-7-12(11)14/h2-3,5,7,9,14H,4,6,8H2,1H3,(H,17,18)/t14-/m1/s1. The number of fused-ring (bicyclic) bond motifs is 1. The maximum absolute atomic E-state index is 12.2. The van der Waals surface area contributed by atoms with Gasteiger partial charge in [0.1, 0.15) is 11.3 Å². The highest BCUT2D eigenvalue weighted by Gasteiger charge is 2.23. The molecule has 1 aromatic heterocycles. The Morgan fingerprint density at radius 3 is 3.05 bits per heavy atom. The van der Waals surface area contributed by atoms with Crippen LogP contribution in [-0.2, 0) is 6.42 Å². The molecule has 1 heterocycles. The molecule has 1 aromatic carbocycles. The zero-order valence-electron chi connectivity index (χ0n) is 10.8. The van der Waals surface area contributed by atoms with Crippen molar-refractivity contribution in [1.29, 1.82) is 0 Å². The lowest BCUT2D eigenvalue weighted by atomic mass is 9.87. The van der Waals surface area contributed by atoms with E-state index in [9.17, 15) is 4.79 Å². The Kier molecular flexibility index (Phi) is 3.07. The molecule has 0 saturated carbocycles. The summed E-state index contributed by atoms with van der Waals surface area (Å²) in [5, 5.41) is 6.72. The van der Waals surface area contributed by atoms with E-state index < -0.39 is 0 Å². The molecule has 0 aliphatic heterocycles. The molecule has 2 aromatic rings. The normalized spacial score (nSPS) is 17.8. The van der Waals surface area contributed by atoms with Gasteiger partial charge < -0.3 is 9.84 Å². The summed E-state index contributed by atoms with van der Waals surface area (Å²) < 4.78 is 4.93. The maximum atomic E-state index is 12.2. The van der Waals surface area contributed by atoms with Crippen molar-refractivity contribution in [3.63, 3.8) is 0 Å². The van der Waals surface area contributed by atoms with Gasteiger partial charge in [0.15, 0.2) is 0 Å². The fourth-order valence-corrected chi connectivity index (χ4v) is 2.66. The van der Waals surface area contributed by atoms with Gasteiger partial charge in [0.05, 0.1) is 12.2 Å². The van der Waals surface area contributed by atoms with Crippen LogP contribution in [0.5, 0.6) is 0 Å². The molecule has 1 atom stereocenters. The van der Waals surface area contributed by atoms with Gasteiger partial charge in [0.2, 0.25) is 0 Å². The van der Waals surface area contributed by atoms with Crippen LogP contribution in [0.4, 0.5) is 0 Å². The summed E-state index contributed by atoms with van der Waals surface area (Å²) in [6.45, 7) is 1.75. The van der Waals surface area contributed by atoms with Gasteiger partial charge in [-0.05, 0) is 37.3 Å². The van der Waals surface area contributed by atoms with Crippen LogP contribution in [0, 0.1) is 6.92 Å². The maximum Gasteiger partial charge on any atom is 0.256 e. The summed E-state index contributed by atoms with van der Waals surface area (Å²) in [6, 6.07) is 8.39. The second-order valence-electron chi connectivity index (χ2n) is 4.91. The number of benzene rings is 1. The number of rotatable bonds is 2. The van der Waals surface area contributed by atoms with E-state index in [1.807, 2.05) is 12.1 Å². The van der Waals surface area contributed by atoms with E-state index in [2.05, 4.69) is 22.6 Å². The zero-order chi connectivity index (χ0) is 13.2. The molecule has 1 amide bonds. The number of carbonyl (C=O) groups is 1. The highest BCUT2D eigenvalue weighted by atomic mass is 16.5. The van der Waals surface area contributed by atoms with Crippen LogP contribution in [0.2, 0.25) is 0 Å². The first-order valence-corrected chi connectivity index (χ1v) is 6.55. The Balaban J connectivity index is 1.82. The van der Waals surface area contributed by atoms with Gasteiger partial charge in [-0.25, -0.2) is 0 Å². The third-order valence-electron chi connectivity index (χ3n) is 3.67. The average Bonchev–Trinajstić information content (AvgIpc) is 2.85. The number of hydrogen-bond donors (Lipinski definition) is 1. The van der Waals surface area contributed by atoms with Crippen molar-refractivity contribution in [2.75, 3.05) is 0 Å². The van der Waals surface area contributed by atoms with E-state index in [1.54, 1.807) is 6.92 Å². The van der Waals surface area contributed by atoms with Crippen LogP contribution in [0.3, 0.4) is 0 Å². The summed E-state index contributed by atoms with van der Waals surface area (Å²) in [5.74, 6) is 0.446. The fourth-order valence-electron chi connectivity index (χ4n) is 2.66. The molecule has 1 aliphatic carbocycles. The van der Waals surface area contributed by atoms with Gasteiger partial charge in [-0.2, -0.15) is 0 Å². The summed E-state index contributed by atoms with van der Waals surface area (Å²) in [7, 11) is 0. The minimum Gasteiger partial charge on any atom is -0.361 e. The summed E-state index contributed by atoms with van der Waals surface area (Å²) in [5.41, 5.74) is 3.08.